The van der Waals surface area contributed by atoms with Crippen molar-refractivity contribution in [1.82, 2.24) is 10.2 Å². The van der Waals surface area contributed by atoms with Gasteiger partial charge in [-0.3, -0.25) is 9.69 Å². The minimum Gasteiger partial charge on any atom is -0.444 e. The Morgan fingerprint density at radius 2 is 2.00 bits per heavy atom. The van der Waals surface area contributed by atoms with E-state index in [-0.39, 0.29) is 12.0 Å². The largest absolute Gasteiger partial charge is 0.444 e. The van der Waals surface area contributed by atoms with Gasteiger partial charge in [0.15, 0.2) is 0 Å². The van der Waals surface area contributed by atoms with Gasteiger partial charge in [0.25, 0.3) is 0 Å². The maximum Gasteiger partial charge on any atom is 0.410 e. The van der Waals surface area contributed by atoms with Crippen LogP contribution in [0.4, 0.5) is 4.79 Å². The number of hydrogen-bond donors (Lipinski definition) is 1. The molecular weight excluding hydrogens is 284 g/mol. The number of amides is 2. The summed E-state index contributed by atoms with van der Waals surface area (Å²) in [6.45, 7) is 7.38. The zero-order valence-corrected chi connectivity index (χ0v) is 13.9. The van der Waals surface area contributed by atoms with Gasteiger partial charge in [-0.1, -0.05) is 0 Å². The fourth-order valence-corrected chi connectivity index (χ4v) is 2.88. The summed E-state index contributed by atoms with van der Waals surface area (Å²) in [6.07, 6.45) is 4.31. The van der Waals surface area contributed by atoms with E-state index in [0.717, 1.165) is 32.3 Å². The first kappa shape index (κ1) is 17.1. The van der Waals surface area contributed by atoms with Gasteiger partial charge >= 0.3 is 6.09 Å². The van der Waals surface area contributed by atoms with Crippen molar-refractivity contribution in [2.24, 2.45) is 0 Å². The van der Waals surface area contributed by atoms with Crippen molar-refractivity contribution in [3.8, 4) is 0 Å². The molecule has 2 saturated heterocycles. The highest BCUT2D eigenvalue weighted by atomic mass is 16.6. The second-order valence-electron chi connectivity index (χ2n) is 7.07. The summed E-state index contributed by atoms with van der Waals surface area (Å²) < 4.78 is 10.9. The normalized spacial score (nSPS) is 25.9. The Morgan fingerprint density at radius 3 is 2.64 bits per heavy atom. The molecule has 2 aliphatic rings. The van der Waals surface area contributed by atoms with Crippen LogP contribution in [-0.2, 0) is 14.3 Å². The first-order valence-corrected chi connectivity index (χ1v) is 8.26. The summed E-state index contributed by atoms with van der Waals surface area (Å²) in [5.74, 6) is -0.0962. The van der Waals surface area contributed by atoms with Crippen molar-refractivity contribution < 1.29 is 19.1 Å². The minimum absolute atomic E-state index is 0.0962. The van der Waals surface area contributed by atoms with Crippen LogP contribution in [0.25, 0.3) is 0 Å². The molecule has 126 valence electrons. The van der Waals surface area contributed by atoms with Crippen LogP contribution < -0.4 is 5.32 Å². The van der Waals surface area contributed by atoms with E-state index in [0.29, 0.717) is 19.5 Å². The molecule has 6 nitrogen and oxygen atoms in total. The topological polar surface area (TPSA) is 67.9 Å². The van der Waals surface area contributed by atoms with Crippen LogP contribution in [0.15, 0.2) is 0 Å². The Balaban J connectivity index is 1.90. The molecule has 0 radical (unpaired) electrons. The SMILES string of the molecule is CC(C)(C)OC(=O)N1CCCC[C@@H]1C(=O)NC[C@@H]1CCCO1. The standard InChI is InChI=1S/C16H28N2O4/c1-16(2,3)22-15(20)18-9-5-4-8-13(18)14(19)17-11-12-7-6-10-21-12/h12-13H,4-11H2,1-3H3,(H,17,19)/t12-,13+/m0/s1. The molecule has 0 aromatic heterocycles. The first-order valence-electron chi connectivity index (χ1n) is 8.26. The summed E-state index contributed by atoms with van der Waals surface area (Å²) in [5.41, 5.74) is -0.548. The highest BCUT2D eigenvalue weighted by Crippen LogP contribution is 2.21. The average Bonchev–Trinajstić information content (AvgIpc) is 2.96. The maximum absolute atomic E-state index is 12.4. The summed E-state index contributed by atoms with van der Waals surface area (Å²) in [5, 5.41) is 2.93. The van der Waals surface area contributed by atoms with Crippen molar-refractivity contribution in [2.45, 2.75) is 70.6 Å². The third-order valence-electron chi connectivity index (χ3n) is 3.96. The zero-order chi connectivity index (χ0) is 16.2. The maximum atomic E-state index is 12.4. The Hall–Kier alpha value is -1.30. The third-order valence-corrected chi connectivity index (χ3v) is 3.96. The van der Waals surface area contributed by atoms with Gasteiger partial charge in [-0.05, 0) is 52.9 Å². The first-order chi connectivity index (χ1) is 10.4. The number of nitrogens with one attached hydrogen (secondary N) is 1. The lowest BCUT2D eigenvalue weighted by atomic mass is 10.0. The van der Waals surface area contributed by atoms with E-state index in [1.165, 1.54) is 0 Å². The van der Waals surface area contributed by atoms with E-state index in [4.69, 9.17) is 9.47 Å². The summed E-state index contributed by atoms with van der Waals surface area (Å²) >= 11 is 0. The van der Waals surface area contributed by atoms with Gasteiger partial charge in [0.05, 0.1) is 6.10 Å². The number of nitrogens with zero attached hydrogens (tertiary/aromatic N) is 1. The lowest BCUT2D eigenvalue weighted by molar-refractivity contribution is -0.128. The molecule has 0 aromatic carbocycles. The molecule has 2 rings (SSSR count). The van der Waals surface area contributed by atoms with E-state index in [1.807, 2.05) is 20.8 Å². The van der Waals surface area contributed by atoms with Crippen LogP contribution >= 0.6 is 0 Å². The van der Waals surface area contributed by atoms with Crippen molar-refractivity contribution in [3.63, 3.8) is 0 Å². The summed E-state index contributed by atoms with van der Waals surface area (Å²) in [7, 11) is 0. The van der Waals surface area contributed by atoms with Crippen LogP contribution in [0.2, 0.25) is 0 Å². The quantitative estimate of drug-likeness (QED) is 0.866. The molecule has 0 aromatic rings. The van der Waals surface area contributed by atoms with E-state index in [9.17, 15) is 9.59 Å². The Bertz CT molecular complexity index is 399. The molecule has 0 spiro atoms. The van der Waals surface area contributed by atoms with E-state index in [1.54, 1.807) is 4.90 Å². The van der Waals surface area contributed by atoms with Crippen molar-refractivity contribution in [1.29, 1.82) is 0 Å². The molecule has 0 bridgehead atoms. The molecular formula is C16H28N2O4. The van der Waals surface area contributed by atoms with Crippen LogP contribution in [0.1, 0.15) is 52.9 Å². The fourth-order valence-electron chi connectivity index (χ4n) is 2.88. The van der Waals surface area contributed by atoms with Crippen molar-refractivity contribution in [3.05, 3.63) is 0 Å². The smallest absolute Gasteiger partial charge is 0.410 e. The summed E-state index contributed by atoms with van der Waals surface area (Å²) in [4.78, 5) is 26.3. The highest BCUT2D eigenvalue weighted by Gasteiger charge is 2.35. The second kappa shape index (κ2) is 7.31. The van der Waals surface area contributed by atoms with Gasteiger partial charge in [0, 0.05) is 19.7 Å². The number of carbonyl (C=O) groups is 2. The lowest BCUT2D eigenvalue weighted by Crippen LogP contribution is -2.53. The van der Waals surface area contributed by atoms with E-state index >= 15 is 0 Å². The van der Waals surface area contributed by atoms with Gasteiger partial charge in [0.1, 0.15) is 11.6 Å². The second-order valence-corrected chi connectivity index (χ2v) is 7.07. The molecule has 22 heavy (non-hydrogen) atoms. The Morgan fingerprint density at radius 1 is 1.23 bits per heavy atom. The van der Waals surface area contributed by atoms with Crippen LogP contribution in [0.5, 0.6) is 0 Å². The fraction of sp³-hybridized carbons (Fsp3) is 0.875. The van der Waals surface area contributed by atoms with Gasteiger partial charge in [-0.25, -0.2) is 4.79 Å². The molecule has 2 atom stereocenters. The monoisotopic (exact) mass is 312 g/mol. The van der Waals surface area contributed by atoms with Crippen molar-refractivity contribution in [2.75, 3.05) is 19.7 Å². The Labute approximate surface area is 132 Å². The van der Waals surface area contributed by atoms with Gasteiger partial charge in [-0.15, -0.1) is 0 Å². The molecule has 2 fully saturated rings. The number of likely N-dealkylation sites (tertiary alicyclic amines) is 1. The van der Waals surface area contributed by atoms with E-state index in [2.05, 4.69) is 5.32 Å². The molecule has 0 aliphatic carbocycles. The van der Waals surface area contributed by atoms with Gasteiger partial charge < -0.3 is 14.8 Å². The number of carbonyl (C=O) groups excluding carboxylic acids is 2. The minimum atomic E-state index is -0.548. The molecule has 2 aliphatic heterocycles. The molecule has 1 N–H and O–H groups in total. The molecule has 2 heterocycles. The van der Waals surface area contributed by atoms with E-state index < -0.39 is 17.7 Å². The molecule has 0 saturated carbocycles. The van der Waals surface area contributed by atoms with Gasteiger partial charge in [0.2, 0.25) is 5.91 Å². The van der Waals surface area contributed by atoms with Crippen LogP contribution in [0, 0.1) is 0 Å². The number of rotatable bonds is 3. The number of ether oxygens (including phenoxy) is 2. The van der Waals surface area contributed by atoms with Crippen molar-refractivity contribution >= 4 is 12.0 Å². The molecule has 0 unspecified atom stereocenters. The highest BCUT2D eigenvalue weighted by molar-refractivity contribution is 5.85. The average molecular weight is 312 g/mol. The Kier molecular flexibility index (Phi) is 5.67. The predicted octanol–water partition coefficient (Wildman–Crippen LogP) is 2.07. The lowest BCUT2D eigenvalue weighted by Gasteiger charge is -2.35. The zero-order valence-electron chi connectivity index (χ0n) is 13.9. The molecule has 6 heteroatoms. The van der Waals surface area contributed by atoms with Crippen LogP contribution in [-0.4, -0.2) is 54.3 Å². The van der Waals surface area contributed by atoms with Crippen LogP contribution in [0.3, 0.4) is 0 Å². The number of piperidine rings is 1. The van der Waals surface area contributed by atoms with Gasteiger partial charge in [-0.2, -0.15) is 0 Å². The summed E-state index contributed by atoms with van der Waals surface area (Å²) in [6, 6.07) is -0.426. The third kappa shape index (κ3) is 4.87. The predicted molar refractivity (Wildman–Crippen MR) is 82.6 cm³/mol. The molecule has 2 amide bonds. The number of hydrogen-bond acceptors (Lipinski definition) is 4.